The van der Waals surface area contributed by atoms with Gasteiger partial charge in [-0.2, -0.15) is 9.78 Å². The number of aromatic nitrogens is 2. The minimum atomic E-state index is -0.530. The van der Waals surface area contributed by atoms with Crippen LogP contribution >= 0.6 is 12.2 Å². The van der Waals surface area contributed by atoms with Crippen molar-refractivity contribution in [3.8, 4) is 0 Å². The highest BCUT2D eigenvalue weighted by Crippen LogP contribution is 2.11. The molecular formula is C8H12N4O2S. The Morgan fingerprint density at radius 3 is 3.00 bits per heavy atom. The summed E-state index contributed by atoms with van der Waals surface area (Å²) in [5, 5.41) is 7.12. The quantitative estimate of drug-likeness (QED) is 0.547. The van der Waals surface area contributed by atoms with Gasteiger partial charge in [-0.25, -0.2) is 4.79 Å². The van der Waals surface area contributed by atoms with Crippen LogP contribution in [0.15, 0.2) is 6.20 Å². The molecule has 3 N–H and O–H groups in total. The summed E-state index contributed by atoms with van der Waals surface area (Å²) in [5.41, 5.74) is 5.89. The van der Waals surface area contributed by atoms with Gasteiger partial charge in [-0.3, -0.25) is 0 Å². The molecule has 0 bridgehead atoms. The average Bonchev–Trinajstić information content (AvgIpc) is 2.59. The monoisotopic (exact) mass is 228 g/mol. The highest BCUT2D eigenvalue weighted by Gasteiger charge is 2.16. The fourth-order valence-electron chi connectivity index (χ4n) is 1.01. The molecule has 0 saturated heterocycles. The van der Waals surface area contributed by atoms with Crippen molar-refractivity contribution in [2.45, 2.75) is 6.92 Å². The third kappa shape index (κ3) is 2.24. The zero-order chi connectivity index (χ0) is 11.4. The first-order valence-electron chi connectivity index (χ1n) is 4.31. The Balaban J connectivity index is 2.98. The molecule has 15 heavy (non-hydrogen) atoms. The van der Waals surface area contributed by atoms with Gasteiger partial charge < -0.3 is 15.8 Å². The van der Waals surface area contributed by atoms with Gasteiger partial charge in [-0.05, 0) is 19.1 Å². The molecule has 0 amide bonds. The van der Waals surface area contributed by atoms with Crippen LogP contribution in [-0.4, -0.2) is 34.5 Å². The van der Waals surface area contributed by atoms with E-state index < -0.39 is 5.97 Å². The zero-order valence-electron chi connectivity index (χ0n) is 8.48. The zero-order valence-corrected chi connectivity index (χ0v) is 9.30. The number of methoxy groups -OCH3 is 1. The number of hydrogen-bond acceptors (Lipinski definition) is 5. The van der Waals surface area contributed by atoms with Crippen LogP contribution in [0.2, 0.25) is 0 Å². The molecule has 1 aromatic rings. The molecule has 1 rings (SSSR count). The molecule has 1 aromatic heterocycles. The van der Waals surface area contributed by atoms with Crippen LogP contribution in [0.25, 0.3) is 0 Å². The van der Waals surface area contributed by atoms with Crippen LogP contribution in [0.4, 0.5) is 5.82 Å². The number of thiocarbonyl (C=S) groups is 1. The van der Waals surface area contributed by atoms with Crippen molar-refractivity contribution in [2.75, 3.05) is 19.4 Å². The minimum absolute atomic E-state index is 0.174. The molecule has 1 heterocycles. The molecule has 0 aromatic carbocycles. The first kappa shape index (κ1) is 11.4. The molecule has 0 aliphatic heterocycles. The first-order valence-corrected chi connectivity index (χ1v) is 4.72. The number of nitrogens with one attached hydrogen (secondary N) is 1. The molecule has 0 spiro atoms. The maximum absolute atomic E-state index is 11.2. The number of nitrogen functional groups attached to an aromatic ring is 1. The fourth-order valence-corrected chi connectivity index (χ4v) is 1.30. The van der Waals surface area contributed by atoms with Crippen LogP contribution in [0.5, 0.6) is 0 Å². The van der Waals surface area contributed by atoms with E-state index in [-0.39, 0.29) is 11.4 Å². The van der Waals surface area contributed by atoms with Crippen molar-refractivity contribution in [1.29, 1.82) is 0 Å². The van der Waals surface area contributed by atoms with Crippen LogP contribution in [0, 0.1) is 0 Å². The predicted octanol–water partition coefficient (Wildman–Crippen LogP) is -0.00560. The van der Waals surface area contributed by atoms with E-state index in [4.69, 9.17) is 18.0 Å². The summed E-state index contributed by atoms with van der Waals surface area (Å²) in [7, 11) is 1.28. The molecule has 0 saturated carbocycles. The van der Waals surface area contributed by atoms with Gasteiger partial charge in [0.1, 0.15) is 11.4 Å². The Morgan fingerprint density at radius 1 is 1.80 bits per heavy atom. The van der Waals surface area contributed by atoms with Crippen LogP contribution in [0.1, 0.15) is 17.3 Å². The van der Waals surface area contributed by atoms with Crippen molar-refractivity contribution in [1.82, 2.24) is 15.1 Å². The SMILES string of the molecule is CCNC(=S)n1ncc(C(=O)OC)c1N. The first-order chi connectivity index (χ1) is 7.11. The summed E-state index contributed by atoms with van der Waals surface area (Å²) in [4.78, 5) is 11.2. The lowest BCUT2D eigenvalue weighted by atomic mass is 10.3. The molecule has 0 radical (unpaired) electrons. The third-order valence-electron chi connectivity index (χ3n) is 1.73. The molecule has 0 unspecified atom stereocenters. The number of hydrogen-bond donors (Lipinski definition) is 2. The lowest BCUT2D eigenvalue weighted by Crippen LogP contribution is -2.29. The number of esters is 1. The number of carbonyl (C=O) groups excluding carboxylic acids is 1. The second-order valence-corrected chi connectivity index (χ2v) is 3.07. The Labute approximate surface area is 92.4 Å². The lowest BCUT2D eigenvalue weighted by Gasteiger charge is -2.06. The van der Waals surface area contributed by atoms with E-state index >= 15 is 0 Å². The van der Waals surface area contributed by atoms with Gasteiger partial charge >= 0.3 is 5.97 Å². The van der Waals surface area contributed by atoms with Crippen molar-refractivity contribution in [3.05, 3.63) is 11.8 Å². The minimum Gasteiger partial charge on any atom is -0.465 e. The Hall–Kier alpha value is -1.63. The molecule has 0 aliphatic rings. The second kappa shape index (κ2) is 4.74. The smallest absolute Gasteiger partial charge is 0.343 e. The summed E-state index contributed by atoms with van der Waals surface area (Å²) >= 11 is 5.00. The van der Waals surface area contributed by atoms with Gasteiger partial charge in [-0.1, -0.05) is 0 Å². The van der Waals surface area contributed by atoms with Gasteiger partial charge in [0.25, 0.3) is 0 Å². The number of anilines is 1. The van der Waals surface area contributed by atoms with E-state index in [9.17, 15) is 4.79 Å². The van der Waals surface area contributed by atoms with E-state index in [2.05, 4.69) is 15.2 Å². The Bertz CT molecular complexity index is 388. The number of ether oxygens (including phenoxy) is 1. The van der Waals surface area contributed by atoms with Crippen molar-refractivity contribution >= 4 is 29.1 Å². The standard InChI is InChI=1S/C8H12N4O2S/c1-3-10-8(15)12-6(9)5(4-11-12)7(13)14-2/h4H,3,9H2,1-2H3,(H,10,15). The normalized spacial score (nSPS) is 9.73. The van der Waals surface area contributed by atoms with Gasteiger partial charge in [0, 0.05) is 6.54 Å². The van der Waals surface area contributed by atoms with E-state index in [1.165, 1.54) is 18.0 Å². The maximum Gasteiger partial charge on any atom is 0.343 e. The second-order valence-electron chi connectivity index (χ2n) is 2.68. The highest BCUT2D eigenvalue weighted by molar-refractivity contribution is 7.80. The van der Waals surface area contributed by atoms with Gasteiger partial charge in [0.05, 0.1) is 13.3 Å². The topological polar surface area (TPSA) is 82.2 Å². The molecule has 7 heteroatoms. The van der Waals surface area contributed by atoms with Crippen LogP contribution in [0.3, 0.4) is 0 Å². The van der Waals surface area contributed by atoms with Gasteiger partial charge in [0.2, 0.25) is 0 Å². The third-order valence-corrected chi connectivity index (χ3v) is 2.05. The van der Waals surface area contributed by atoms with Crippen molar-refractivity contribution in [3.63, 3.8) is 0 Å². The average molecular weight is 228 g/mol. The van der Waals surface area contributed by atoms with E-state index in [1.807, 2.05) is 6.92 Å². The van der Waals surface area contributed by atoms with Gasteiger partial charge in [0.15, 0.2) is 5.11 Å². The molecule has 82 valence electrons. The summed E-state index contributed by atoms with van der Waals surface area (Å²) in [6, 6.07) is 0. The molecule has 0 aliphatic carbocycles. The van der Waals surface area contributed by atoms with Crippen LogP contribution < -0.4 is 11.1 Å². The predicted molar refractivity (Wildman–Crippen MR) is 59.7 cm³/mol. The van der Waals surface area contributed by atoms with Gasteiger partial charge in [-0.15, -0.1) is 0 Å². The Kier molecular flexibility index (Phi) is 3.62. The summed E-state index contributed by atoms with van der Waals surface area (Å²) in [6.45, 7) is 2.55. The summed E-state index contributed by atoms with van der Waals surface area (Å²) in [5.74, 6) is -0.356. The molecule has 6 nitrogen and oxygen atoms in total. The maximum atomic E-state index is 11.2. The number of carbonyl (C=O) groups is 1. The van der Waals surface area contributed by atoms with E-state index in [0.29, 0.717) is 11.7 Å². The number of rotatable bonds is 2. The van der Waals surface area contributed by atoms with Crippen molar-refractivity contribution < 1.29 is 9.53 Å². The molecule has 0 fully saturated rings. The fraction of sp³-hybridized carbons (Fsp3) is 0.375. The largest absolute Gasteiger partial charge is 0.465 e. The molecule has 0 atom stereocenters. The Morgan fingerprint density at radius 2 is 2.47 bits per heavy atom. The van der Waals surface area contributed by atoms with Crippen LogP contribution in [-0.2, 0) is 4.74 Å². The summed E-state index contributed by atoms with van der Waals surface area (Å²) in [6.07, 6.45) is 1.32. The molecular weight excluding hydrogens is 216 g/mol. The van der Waals surface area contributed by atoms with E-state index in [0.717, 1.165) is 0 Å². The lowest BCUT2D eigenvalue weighted by molar-refractivity contribution is 0.0602. The number of nitrogens with zero attached hydrogens (tertiary/aromatic N) is 2. The summed E-state index contributed by atoms with van der Waals surface area (Å²) < 4.78 is 5.82. The highest BCUT2D eigenvalue weighted by atomic mass is 32.1. The van der Waals surface area contributed by atoms with Crippen molar-refractivity contribution in [2.24, 2.45) is 0 Å². The van der Waals surface area contributed by atoms with E-state index in [1.54, 1.807) is 0 Å². The number of nitrogens with two attached hydrogens (primary N) is 1.